The predicted octanol–water partition coefficient (Wildman–Crippen LogP) is 3.73. The highest BCUT2D eigenvalue weighted by atomic mass is 16.6. The lowest BCUT2D eigenvalue weighted by molar-refractivity contribution is -0.118. The first kappa shape index (κ1) is 19.3. The van der Waals surface area contributed by atoms with E-state index in [0.29, 0.717) is 30.2 Å². The Hall–Kier alpha value is -3.02. The van der Waals surface area contributed by atoms with Crippen molar-refractivity contribution < 1.29 is 19.1 Å². The molecule has 0 bridgehead atoms. The van der Waals surface area contributed by atoms with E-state index in [4.69, 9.17) is 9.47 Å². The van der Waals surface area contributed by atoms with Crippen LogP contribution in [0.25, 0.3) is 0 Å². The van der Waals surface area contributed by atoms with E-state index >= 15 is 0 Å². The molecule has 0 radical (unpaired) electrons. The first-order valence-corrected chi connectivity index (χ1v) is 10.2. The van der Waals surface area contributed by atoms with Gasteiger partial charge in [0.25, 0.3) is 5.91 Å². The van der Waals surface area contributed by atoms with Gasteiger partial charge in [-0.25, -0.2) is 0 Å². The SMILES string of the molecule is CNC(=O)c1ccccc1NC(=O)C(c1ccc2c(c1)OCCO2)C1CCCC1. The summed E-state index contributed by atoms with van der Waals surface area (Å²) in [6.45, 7) is 1.05. The molecule has 0 saturated heterocycles. The predicted molar refractivity (Wildman–Crippen MR) is 111 cm³/mol. The monoisotopic (exact) mass is 394 g/mol. The molecule has 2 amide bonds. The number of nitrogens with one attached hydrogen (secondary N) is 2. The zero-order valence-electron chi connectivity index (χ0n) is 16.6. The fraction of sp³-hybridized carbons (Fsp3) is 0.391. The summed E-state index contributed by atoms with van der Waals surface area (Å²) in [7, 11) is 1.58. The summed E-state index contributed by atoms with van der Waals surface area (Å²) in [5.74, 6) is 1.06. The third-order valence-corrected chi connectivity index (χ3v) is 5.74. The smallest absolute Gasteiger partial charge is 0.253 e. The summed E-state index contributed by atoms with van der Waals surface area (Å²) in [5.41, 5.74) is 1.91. The van der Waals surface area contributed by atoms with Crippen LogP contribution in [0.4, 0.5) is 5.69 Å². The Labute approximate surface area is 170 Å². The van der Waals surface area contributed by atoms with Gasteiger partial charge in [-0.1, -0.05) is 31.0 Å². The second-order valence-electron chi connectivity index (χ2n) is 7.54. The number of para-hydroxylation sites is 1. The van der Waals surface area contributed by atoms with Crippen LogP contribution in [0.15, 0.2) is 42.5 Å². The molecule has 152 valence electrons. The van der Waals surface area contributed by atoms with Crippen molar-refractivity contribution in [3.63, 3.8) is 0 Å². The van der Waals surface area contributed by atoms with Crippen LogP contribution in [0.2, 0.25) is 0 Å². The molecule has 29 heavy (non-hydrogen) atoms. The number of anilines is 1. The number of carbonyl (C=O) groups excluding carboxylic acids is 2. The molecular weight excluding hydrogens is 368 g/mol. The summed E-state index contributed by atoms with van der Waals surface area (Å²) in [5, 5.41) is 5.63. The van der Waals surface area contributed by atoms with Gasteiger partial charge in [-0.2, -0.15) is 0 Å². The summed E-state index contributed by atoms with van der Waals surface area (Å²) >= 11 is 0. The molecule has 1 heterocycles. The van der Waals surface area contributed by atoms with Gasteiger partial charge in [0, 0.05) is 7.05 Å². The minimum atomic E-state index is -0.300. The fourth-order valence-electron chi connectivity index (χ4n) is 4.32. The van der Waals surface area contributed by atoms with Crippen LogP contribution in [-0.2, 0) is 4.79 Å². The van der Waals surface area contributed by atoms with Crippen molar-refractivity contribution in [3.05, 3.63) is 53.6 Å². The molecular formula is C23H26N2O4. The summed E-state index contributed by atoms with van der Waals surface area (Å²) in [6.07, 6.45) is 4.30. The van der Waals surface area contributed by atoms with Crippen molar-refractivity contribution >= 4 is 17.5 Å². The topological polar surface area (TPSA) is 76.7 Å². The molecule has 2 aliphatic rings. The Kier molecular flexibility index (Phi) is 5.69. The standard InChI is InChI=1S/C23H26N2O4/c1-24-22(26)17-8-4-5-9-18(17)25-23(27)21(15-6-2-3-7-15)16-10-11-19-20(14-16)29-13-12-28-19/h4-5,8-11,14-15,21H,2-3,6-7,12-13H2,1H3,(H,24,26)(H,25,27). The lowest BCUT2D eigenvalue weighted by Gasteiger charge is -2.26. The van der Waals surface area contributed by atoms with E-state index < -0.39 is 0 Å². The third kappa shape index (κ3) is 4.06. The average molecular weight is 394 g/mol. The Morgan fingerprint density at radius 3 is 2.48 bits per heavy atom. The molecule has 4 rings (SSSR count). The van der Waals surface area contributed by atoms with Crippen LogP contribution in [0.5, 0.6) is 11.5 Å². The molecule has 1 aliphatic carbocycles. The molecule has 2 aromatic carbocycles. The molecule has 1 fully saturated rings. The van der Waals surface area contributed by atoms with Gasteiger partial charge in [0.15, 0.2) is 11.5 Å². The number of amides is 2. The summed E-state index contributed by atoms with van der Waals surface area (Å²) in [4.78, 5) is 25.6. The van der Waals surface area contributed by atoms with Gasteiger partial charge in [0.2, 0.25) is 5.91 Å². The van der Waals surface area contributed by atoms with Crippen molar-refractivity contribution in [1.82, 2.24) is 5.32 Å². The highest BCUT2D eigenvalue weighted by molar-refractivity contribution is 6.05. The highest BCUT2D eigenvalue weighted by Crippen LogP contribution is 2.41. The Morgan fingerprint density at radius 1 is 1.00 bits per heavy atom. The van der Waals surface area contributed by atoms with Crippen molar-refractivity contribution in [2.75, 3.05) is 25.6 Å². The first-order valence-electron chi connectivity index (χ1n) is 10.2. The molecule has 2 N–H and O–H groups in total. The zero-order chi connectivity index (χ0) is 20.2. The van der Waals surface area contributed by atoms with Gasteiger partial charge < -0.3 is 20.1 Å². The van der Waals surface area contributed by atoms with E-state index in [1.165, 1.54) is 0 Å². The second-order valence-corrected chi connectivity index (χ2v) is 7.54. The Bertz CT molecular complexity index is 906. The maximum atomic E-state index is 13.4. The minimum absolute atomic E-state index is 0.0927. The van der Waals surface area contributed by atoms with Crippen molar-refractivity contribution in [2.24, 2.45) is 5.92 Å². The maximum Gasteiger partial charge on any atom is 0.253 e. The number of hydrogen-bond acceptors (Lipinski definition) is 4. The van der Waals surface area contributed by atoms with Gasteiger partial charge in [-0.15, -0.1) is 0 Å². The van der Waals surface area contributed by atoms with Crippen molar-refractivity contribution in [3.8, 4) is 11.5 Å². The molecule has 1 atom stereocenters. The third-order valence-electron chi connectivity index (χ3n) is 5.74. The molecule has 0 spiro atoms. The van der Waals surface area contributed by atoms with Gasteiger partial charge in [-0.3, -0.25) is 9.59 Å². The molecule has 2 aromatic rings. The molecule has 6 nitrogen and oxygen atoms in total. The number of hydrogen-bond donors (Lipinski definition) is 2. The number of rotatable bonds is 5. The fourth-order valence-corrected chi connectivity index (χ4v) is 4.32. The van der Waals surface area contributed by atoms with Crippen LogP contribution >= 0.6 is 0 Å². The quantitative estimate of drug-likeness (QED) is 0.810. The van der Waals surface area contributed by atoms with E-state index in [9.17, 15) is 9.59 Å². The van der Waals surface area contributed by atoms with Crippen LogP contribution in [0.1, 0.15) is 47.5 Å². The van der Waals surface area contributed by atoms with Crippen molar-refractivity contribution in [1.29, 1.82) is 0 Å². The second kappa shape index (κ2) is 8.55. The summed E-state index contributed by atoms with van der Waals surface area (Å²) < 4.78 is 11.4. The van der Waals surface area contributed by atoms with E-state index in [2.05, 4.69) is 10.6 Å². The normalized spacial score (nSPS) is 16.9. The number of fused-ring (bicyclic) bond motifs is 1. The Balaban J connectivity index is 1.64. The molecule has 1 aliphatic heterocycles. The van der Waals surface area contributed by atoms with E-state index in [1.807, 2.05) is 24.3 Å². The largest absolute Gasteiger partial charge is 0.486 e. The van der Waals surface area contributed by atoms with Gasteiger partial charge in [0.05, 0.1) is 17.2 Å². The van der Waals surface area contributed by atoms with E-state index in [1.54, 1.807) is 25.2 Å². The average Bonchev–Trinajstić information content (AvgIpc) is 3.28. The number of ether oxygens (including phenoxy) is 2. The molecule has 1 unspecified atom stereocenters. The van der Waals surface area contributed by atoms with Gasteiger partial charge >= 0.3 is 0 Å². The number of benzene rings is 2. The lowest BCUT2D eigenvalue weighted by Crippen LogP contribution is -2.28. The Morgan fingerprint density at radius 2 is 1.72 bits per heavy atom. The first-order chi connectivity index (χ1) is 14.2. The van der Waals surface area contributed by atoms with Crippen LogP contribution in [0, 0.1) is 5.92 Å². The highest BCUT2D eigenvalue weighted by Gasteiger charge is 2.33. The van der Waals surface area contributed by atoms with E-state index in [-0.39, 0.29) is 23.7 Å². The van der Waals surface area contributed by atoms with Gasteiger partial charge in [0.1, 0.15) is 13.2 Å². The van der Waals surface area contributed by atoms with Crippen LogP contribution < -0.4 is 20.1 Å². The molecule has 1 saturated carbocycles. The van der Waals surface area contributed by atoms with Crippen molar-refractivity contribution in [2.45, 2.75) is 31.6 Å². The molecule has 6 heteroatoms. The summed E-state index contributed by atoms with van der Waals surface area (Å²) in [6, 6.07) is 12.9. The van der Waals surface area contributed by atoms with Crippen LogP contribution in [0.3, 0.4) is 0 Å². The number of carbonyl (C=O) groups is 2. The minimum Gasteiger partial charge on any atom is -0.486 e. The van der Waals surface area contributed by atoms with Gasteiger partial charge in [-0.05, 0) is 48.6 Å². The van der Waals surface area contributed by atoms with E-state index in [0.717, 1.165) is 37.0 Å². The molecule has 0 aromatic heterocycles. The lowest BCUT2D eigenvalue weighted by atomic mass is 9.83. The maximum absolute atomic E-state index is 13.4. The zero-order valence-corrected chi connectivity index (χ0v) is 16.6. The van der Waals surface area contributed by atoms with Crippen LogP contribution in [-0.4, -0.2) is 32.1 Å².